The molecule has 0 saturated carbocycles. The van der Waals surface area contributed by atoms with Crippen molar-refractivity contribution in [3.8, 4) is 0 Å². The Labute approximate surface area is 204 Å². The largest absolute Gasteiger partial charge is 0.493 e. The minimum absolute atomic E-state index is 0.0211. The maximum absolute atomic E-state index is 12.7. The Kier molecular flexibility index (Phi) is 7.77. The number of fused-ring (bicyclic) bond motifs is 1. The first-order valence-corrected chi connectivity index (χ1v) is 11.9. The Morgan fingerprint density at radius 2 is 2.03 bits per heavy atom. The molecule has 2 aliphatic heterocycles. The van der Waals surface area contributed by atoms with Crippen molar-refractivity contribution >= 4 is 29.1 Å². The van der Waals surface area contributed by atoms with Gasteiger partial charge in [-0.15, -0.1) is 0 Å². The lowest BCUT2D eigenvalue weighted by Gasteiger charge is -2.42. The first kappa shape index (κ1) is 26.6. The number of halogens is 1. The van der Waals surface area contributed by atoms with Crippen LogP contribution in [0, 0.1) is 11.8 Å². The smallest absolute Gasteiger partial charge is 0.303 e. The van der Waals surface area contributed by atoms with Gasteiger partial charge in [0, 0.05) is 6.92 Å². The van der Waals surface area contributed by atoms with Crippen LogP contribution in [0.15, 0.2) is 34.6 Å². The van der Waals surface area contributed by atoms with E-state index in [1.54, 1.807) is 12.2 Å². The van der Waals surface area contributed by atoms with Crippen LogP contribution >= 0.6 is 11.6 Å². The number of rotatable bonds is 7. The summed E-state index contributed by atoms with van der Waals surface area (Å²) in [6.45, 7) is 10.1. The summed E-state index contributed by atoms with van der Waals surface area (Å²) in [5.74, 6) is -1.34. The van der Waals surface area contributed by atoms with E-state index >= 15 is 0 Å². The van der Waals surface area contributed by atoms with Crippen molar-refractivity contribution in [2.24, 2.45) is 11.8 Å². The fourth-order valence-corrected chi connectivity index (χ4v) is 5.08. The van der Waals surface area contributed by atoms with Crippen LogP contribution < -0.4 is 0 Å². The zero-order chi connectivity index (χ0) is 25.4. The predicted molar refractivity (Wildman–Crippen MR) is 124 cm³/mol. The van der Waals surface area contributed by atoms with Gasteiger partial charge in [-0.3, -0.25) is 14.4 Å². The zero-order valence-electron chi connectivity index (χ0n) is 20.4. The second-order valence-corrected chi connectivity index (χ2v) is 10.0. The van der Waals surface area contributed by atoms with E-state index in [2.05, 4.69) is 13.8 Å². The fourth-order valence-electron chi connectivity index (χ4n) is 4.70. The molecule has 188 valence electrons. The molecular formula is C25H33ClO8. The van der Waals surface area contributed by atoms with Crippen molar-refractivity contribution < 1.29 is 38.4 Å². The molecule has 7 atom stereocenters. The maximum atomic E-state index is 12.7. The summed E-state index contributed by atoms with van der Waals surface area (Å²) in [5, 5.41) is 10.6. The number of allylic oxidation sites excluding steroid dienone is 2. The van der Waals surface area contributed by atoms with Crippen LogP contribution in [-0.2, 0) is 33.3 Å². The molecule has 0 spiro atoms. The van der Waals surface area contributed by atoms with Gasteiger partial charge in [-0.2, -0.15) is 0 Å². The van der Waals surface area contributed by atoms with E-state index in [1.165, 1.54) is 20.8 Å². The van der Waals surface area contributed by atoms with E-state index in [1.807, 2.05) is 13.0 Å². The quantitative estimate of drug-likeness (QED) is 0.534. The van der Waals surface area contributed by atoms with Crippen LogP contribution in [-0.4, -0.2) is 58.9 Å². The average Bonchev–Trinajstić information content (AvgIpc) is 3.08. The third-order valence-corrected chi connectivity index (χ3v) is 7.08. The minimum Gasteiger partial charge on any atom is -0.493 e. The molecule has 9 heteroatoms. The van der Waals surface area contributed by atoms with Gasteiger partial charge in [-0.1, -0.05) is 31.9 Å². The van der Waals surface area contributed by atoms with Crippen molar-refractivity contribution in [1.82, 2.24) is 0 Å². The Hall–Kier alpha value is -2.00. The molecule has 1 fully saturated rings. The predicted octanol–water partition coefficient (Wildman–Crippen LogP) is 3.36. The Balaban J connectivity index is 1.90. The average molecular weight is 497 g/mol. The van der Waals surface area contributed by atoms with E-state index in [0.717, 1.165) is 6.42 Å². The molecule has 34 heavy (non-hydrogen) atoms. The van der Waals surface area contributed by atoms with Crippen LogP contribution in [0.1, 0.15) is 54.4 Å². The Morgan fingerprint density at radius 1 is 1.35 bits per heavy atom. The molecule has 0 amide bonds. The third kappa shape index (κ3) is 5.15. The highest BCUT2D eigenvalue weighted by atomic mass is 35.5. The third-order valence-electron chi connectivity index (χ3n) is 6.69. The van der Waals surface area contributed by atoms with Gasteiger partial charge in [-0.05, 0) is 50.5 Å². The Bertz CT molecular complexity index is 949. The lowest BCUT2D eigenvalue weighted by molar-refractivity contribution is -0.174. The number of esters is 1. The Morgan fingerprint density at radius 3 is 2.62 bits per heavy atom. The van der Waals surface area contributed by atoms with Crippen molar-refractivity contribution in [1.29, 1.82) is 0 Å². The first-order chi connectivity index (χ1) is 15.8. The van der Waals surface area contributed by atoms with E-state index in [-0.39, 0.29) is 35.9 Å². The molecule has 0 bridgehead atoms. The molecule has 1 aliphatic carbocycles. The minimum atomic E-state index is -1.96. The molecule has 0 radical (unpaired) electrons. The van der Waals surface area contributed by atoms with Gasteiger partial charge in [0.05, 0.1) is 30.1 Å². The van der Waals surface area contributed by atoms with Crippen molar-refractivity contribution in [2.75, 3.05) is 6.61 Å². The van der Waals surface area contributed by atoms with Gasteiger partial charge in [-0.25, -0.2) is 0 Å². The van der Waals surface area contributed by atoms with Gasteiger partial charge in [0.15, 0.2) is 11.9 Å². The summed E-state index contributed by atoms with van der Waals surface area (Å²) in [5.41, 5.74) is -2.32. The van der Waals surface area contributed by atoms with Crippen LogP contribution in [0.5, 0.6) is 0 Å². The van der Waals surface area contributed by atoms with Gasteiger partial charge >= 0.3 is 5.97 Å². The highest BCUT2D eigenvalue weighted by Gasteiger charge is 2.54. The molecule has 0 unspecified atom stereocenters. The van der Waals surface area contributed by atoms with Crippen molar-refractivity contribution in [3.63, 3.8) is 0 Å². The van der Waals surface area contributed by atoms with Crippen molar-refractivity contribution in [2.45, 2.75) is 84.1 Å². The summed E-state index contributed by atoms with van der Waals surface area (Å²) >= 11 is 6.33. The number of hydrogen-bond donors (Lipinski definition) is 1. The van der Waals surface area contributed by atoms with Crippen LogP contribution in [0.2, 0.25) is 0 Å². The van der Waals surface area contributed by atoms with Gasteiger partial charge < -0.3 is 24.1 Å². The lowest BCUT2D eigenvalue weighted by atomic mass is 9.74. The summed E-state index contributed by atoms with van der Waals surface area (Å²) in [7, 11) is 0. The van der Waals surface area contributed by atoms with Gasteiger partial charge in [0.1, 0.15) is 23.2 Å². The molecule has 2 heterocycles. The maximum Gasteiger partial charge on any atom is 0.303 e. The second kappa shape index (κ2) is 9.93. The standard InChI is InChI=1S/C25H33ClO8/c1-7-13(2)22-24(5,34-19(33-22)10-14(3)27)9-8-16-11-17-18(12-31-16)23(32-15(4)28)25(6,30)21(29)20(17)26/h8-9,11,13,18-19,22-23,30H,7,10,12H2,1-6H3/b9-8+/t13-,18-,19+,22+,23+,24-,25-/m0/s1. The topological polar surface area (TPSA) is 108 Å². The fraction of sp³-hybridized carbons (Fsp3) is 0.640. The molecule has 1 N–H and O–H groups in total. The lowest BCUT2D eigenvalue weighted by Crippen LogP contribution is -2.57. The number of ketones is 2. The van der Waals surface area contributed by atoms with E-state index in [9.17, 15) is 19.5 Å². The van der Waals surface area contributed by atoms with Crippen molar-refractivity contribution in [3.05, 3.63) is 34.6 Å². The highest BCUT2D eigenvalue weighted by Crippen LogP contribution is 2.42. The summed E-state index contributed by atoms with van der Waals surface area (Å²) in [6.07, 6.45) is 4.18. The van der Waals surface area contributed by atoms with Crippen LogP contribution in [0.3, 0.4) is 0 Å². The van der Waals surface area contributed by atoms with E-state index in [4.69, 9.17) is 30.5 Å². The zero-order valence-corrected chi connectivity index (χ0v) is 21.2. The molecule has 0 aromatic heterocycles. The normalized spacial score (nSPS) is 36.7. The first-order valence-electron chi connectivity index (χ1n) is 11.5. The number of hydrogen-bond acceptors (Lipinski definition) is 8. The SMILES string of the molecule is CC[C@H](C)[C@H]1O[C@@H](CC(C)=O)O[C@@]1(C)/C=C/C1=CC2=C(Cl)C(=O)[C@](C)(O)[C@H](OC(C)=O)[C@H]2CO1. The molecule has 0 aromatic rings. The second-order valence-electron chi connectivity index (χ2n) is 9.65. The molecule has 1 saturated heterocycles. The number of Topliss-reactive ketones (excluding diaryl/α,β-unsaturated/α-hetero) is 2. The molecule has 3 rings (SSSR count). The van der Waals surface area contributed by atoms with Gasteiger partial charge in [0.25, 0.3) is 0 Å². The van der Waals surface area contributed by atoms with Gasteiger partial charge in [0.2, 0.25) is 5.78 Å². The number of carbonyl (C=O) groups is 3. The molecule has 8 nitrogen and oxygen atoms in total. The number of ether oxygens (including phenoxy) is 4. The summed E-state index contributed by atoms with van der Waals surface area (Å²) in [4.78, 5) is 35.9. The molecule has 3 aliphatic rings. The monoisotopic (exact) mass is 496 g/mol. The number of aliphatic hydroxyl groups is 1. The molecule has 0 aromatic carbocycles. The summed E-state index contributed by atoms with van der Waals surface area (Å²) < 4.78 is 23.4. The highest BCUT2D eigenvalue weighted by molar-refractivity contribution is 6.44. The van der Waals surface area contributed by atoms with E-state index < -0.39 is 41.3 Å². The van der Waals surface area contributed by atoms with E-state index in [0.29, 0.717) is 11.3 Å². The number of carbonyl (C=O) groups excluding carboxylic acids is 3. The molecular weight excluding hydrogens is 464 g/mol. The van der Waals surface area contributed by atoms with Crippen LogP contribution in [0.4, 0.5) is 0 Å². The summed E-state index contributed by atoms with van der Waals surface area (Å²) in [6, 6.07) is 0. The van der Waals surface area contributed by atoms with Crippen LogP contribution in [0.25, 0.3) is 0 Å².